The van der Waals surface area contributed by atoms with Crippen molar-refractivity contribution >= 4 is 58.7 Å². The van der Waals surface area contributed by atoms with E-state index in [9.17, 15) is 9.59 Å². The lowest BCUT2D eigenvalue weighted by atomic mass is 10.2. The summed E-state index contributed by atoms with van der Waals surface area (Å²) >= 11 is 15.2. The summed E-state index contributed by atoms with van der Waals surface area (Å²) in [4.78, 5) is 27.1. The molecule has 2 aromatic rings. The fraction of sp³-hybridized carbons (Fsp3) is 0.125. The van der Waals surface area contributed by atoms with Crippen molar-refractivity contribution in [2.75, 3.05) is 14.2 Å². The molecule has 0 aromatic heterocycles. The van der Waals surface area contributed by atoms with Crippen molar-refractivity contribution in [1.82, 2.24) is 0 Å². The van der Waals surface area contributed by atoms with E-state index < -0.39 is 11.9 Å². The first-order valence-corrected chi connectivity index (χ1v) is 9.03. The minimum absolute atomic E-state index is 0.302. The summed E-state index contributed by atoms with van der Waals surface area (Å²) in [7, 11) is 2.61. The molecule has 1 aliphatic rings. The highest BCUT2D eigenvalue weighted by Gasteiger charge is 2.24. The Morgan fingerprint density at radius 2 is 1.08 bits per heavy atom. The Bertz CT molecular complexity index is 798. The van der Waals surface area contributed by atoms with Crippen LogP contribution < -0.4 is 0 Å². The van der Waals surface area contributed by atoms with Crippen LogP contribution in [0, 0.1) is 0 Å². The quantitative estimate of drug-likeness (QED) is 0.552. The minimum atomic E-state index is -0.495. The standard InChI is InChI=1S/C16H10Cl2O4S2/c1-21-15(19)7-3-11-13(5-9(7)17)24-14-6-10(18)8(16(20)22-2)4-12(14)23-11/h3-6H,1-2H3. The maximum atomic E-state index is 11.8. The summed E-state index contributed by atoms with van der Waals surface area (Å²) < 4.78 is 9.48. The number of hydrogen-bond acceptors (Lipinski definition) is 6. The molecular weight excluding hydrogens is 391 g/mol. The average molecular weight is 401 g/mol. The molecule has 0 fully saturated rings. The third-order valence-electron chi connectivity index (χ3n) is 3.32. The summed E-state index contributed by atoms with van der Waals surface area (Å²) in [6.45, 7) is 0. The monoisotopic (exact) mass is 400 g/mol. The molecule has 0 spiro atoms. The van der Waals surface area contributed by atoms with Gasteiger partial charge in [-0.3, -0.25) is 0 Å². The van der Waals surface area contributed by atoms with Gasteiger partial charge in [0.1, 0.15) is 0 Å². The Kier molecular flexibility index (Phi) is 5.01. The van der Waals surface area contributed by atoms with E-state index in [1.807, 2.05) is 0 Å². The van der Waals surface area contributed by atoms with Gasteiger partial charge >= 0.3 is 11.9 Å². The highest BCUT2D eigenvalue weighted by atomic mass is 35.5. The molecule has 0 aliphatic carbocycles. The van der Waals surface area contributed by atoms with Crippen LogP contribution >= 0.6 is 46.7 Å². The lowest BCUT2D eigenvalue weighted by Crippen LogP contribution is -2.05. The second-order valence-electron chi connectivity index (χ2n) is 4.74. The molecule has 2 aromatic carbocycles. The average Bonchev–Trinajstić information content (AvgIpc) is 2.57. The van der Waals surface area contributed by atoms with E-state index in [1.54, 1.807) is 24.3 Å². The van der Waals surface area contributed by atoms with Gasteiger partial charge < -0.3 is 9.47 Å². The lowest BCUT2D eigenvalue weighted by Gasteiger charge is -2.20. The van der Waals surface area contributed by atoms with Crippen LogP contribution in [-0.2, 0) is 9.47 Å². The molecule has 24 heavy (non-hydrogen) atoms. The zero-order valence-electron chi connectivity index (χ0n) is 12.5. The summed E-state index contributed by atoms with van der Waals surface area (Å²) in [6, 6.07) is 6.84. The smallest absolute Gasteiger partial charge is 0.339 e. The van der Waals surface area contributed by atoms with Crippen LogP contribution in [0.3, 0.4) is 0 Å². The molecule has 0 radical (unpaired) electrons. The van der Waals surface area contributed by atoms with Crippen LogP contribution in [0.1, 0.15) is 20.7 Å². The van der Waals surface area contributed by atoms with E-state index in [1.165, 1.54) is 37.7 Å². The summed E-state index contributed by atoms with van der Waals surface area (Å²) in [5.41, 5.74) is 0.605. The molecule has 1 aliphatic heterocycles. The van der Waals surface area contributed by atoms with E-state index in [0.29, 0.717) is 21.2 Å². The van der Waals surface area contributed by atoms with Crippen LogP contribution in [-0.4, -0.2) is 26.2 Å². The van der Waals surface area contributed by atoms with Crippen molar-refractivity contribution in [3.05, 3.63) is 45.4 Å². The number of rotatable bonds is 2. The van der Waals surface area contributed by atoms with Crippen molar-refractivity contribution < 1.29 is 19.1 Å². The van der Waals surface area contributed by atoms with Gasteiger partial charge in [-0.25, -0.2) is 9.59 Å². The number of benzene rings is 2. The summed E-state index contributed by atoms with van der Waals surface area (Å²) in [6.07, 6.45) is 0. The highest BCUT2D eigenvalue weighted by Crippen LogP contribution is 2.51. The van der Waals surface area contributed by atoms with Crippen LogP contribution in [0.15, 0.2) is 43.8 Å². The molecule has 0 bridgehead atoms. The third kappa shape index (κ3) is 3.11. The highest BCUT2D eigenvalue weighted by molar-refractivity contribution is 8.05. The second-order valence-corrected chi connectivity index (χ2v) is 7.73. The van der Waals surface area contributed by atoms with E-state index in [0.717, 1.165) is 19.6 Å². The molecule has 124 valence electrons. The van der Waals surface area contributed by atoms with Crippen LogP contribution in [0.25, 0.3) is 0 Å². The zero-order chi connectivity index (χ0) is 17.4. The topological polar surface area (TPSA) is 52.6 Å². The number of methoxy groups -OCH3 is 2. The normalized spacial score (nSPS) is 12.2. The number of halogens is 2. The first kappa shape index (κ1) is 17.5. The van der Waals surface area contributed by atoms with Gasteiger partial charge in [0.05, 0.1) is 35.4 Å². The van der Waals surface area contributed by atoms with Gasteiger partial charge in [-0.1, -0.05) is 46.7 Å². The van der Waals surface area contributed by atoms with Gasteiger partial charge in [-0.2, -0.15) is 0 Å². The molecule has 0 saturated carbocycles. The maximum Gasteiger partial charge on any atom is 0.339 e. The van der Waals surface area contributed by atoms with E-state index >= 15 is 0 Å². The van der Waals surface area contributed by atoms with Crippen molar-refractivity contribution in [3.8, 4) is 0 Å². The molecular formula is C16H10Cl2O4S2. The molecule has 0 unspecified atom stereocenters. The number of esters is 2. The summed E-state index contributed by atoms with van der Waals surface area (Å²) in [5, 5.41) is 0.656. The van der Waals surface area contributed by atoms with Crippen molar-refractivity contribution in [2.45, 2.75) is 19.6 Å². The number of fused-ring (bicyclic) bond motifs is 2. The van der Waals surface area contributed by atoms with Crippen molar-refractivity contribution in [2.24, 2.45) is 0 Å². The van der Waals surface area contributed by atoms with Crippen LogP contribution in [0.2, 0.25) is 10.0 Å². The Labute approximate surface area is 156 Å². The minimum Gasteiger partial charge on any atom is -0.465 e. The Balaban J connectivity index is 2.05. The van der Waals surface area contributed by atoms with Gasteiger partial charge in [-0.05, 0) is 24.3 Å². The van der Waals surface area contributed by atoms with E-state index in [2.05, 4.69) is 0 Å². The van der Waals surface area contributed by atoms with Crippen LogP contribution in [0.4, 0.5) is 0 Å². The molecule has 1 heterocycles. The molecule has 0 N–H and O–H groups in total. The number of carbonyl (C=O) groups excluding carboxylic acids is 2. The van der Waals surface area contributed by atoms with Gasteiger partial charge in [0.25, 0.3) is 0 Å². The SMILES string of the molecule is COC(=O)c1cc2c(cc1Cl)Sc1cc(Cl)c(C(=O)OC)cc1S2. The Hall–Kier alpha value is -1.34. The molecule has 8 heteroatoms. The van der Waals surface area contributed by atoms with Crippen LogP contribution in [0.5, 0.6) is 0 Å². The number of carbonyl (C=O) groups is 2. The molecule has 3 rings (SSSR count). The van der Waals surface area contributed by atoms with Gasteiger partial charge in [0.2, 0.25) is 0 Å². The maximum absolute atomic E-state index is 11.8. The van der Waals surface area contributed by atoms with E-state index in [4.69, 9.17) is 32.7 Å². The Morgan fingerprint density at radius 1 is 0.750 bits per heavy atom. The molecule has 0 amide bonds. The lowest BCUT2D eigenvalue weighted by molar-refractivity contribution is 0.0591. The molecule has 0 saturated heterocycles. The summed E-state index contributed by atoms with van der Waals surface area (Å²) in [5.74, 6) is -0.990. The van der Waals surface area contributed by atoms with E-state index in [-0.39, 0.29) is 0 Å². The predicted molar refractivity (Wildman–Crippen MR) is 93.8 cm³/mol. The fourth-order valence-corrected chi connectivity index (χ4v) is 5.09. The van der Waals surface area contributed by atoms with Gasteiger partial charge in [0, 0.05) is 19.6 Å². The predicted octanol–water partition coefficient (Wildman–Crippen LogP) is 5.18. The first-order valence-electron chi connectivity index (χ1n) is 6.64. The van der Waals surface area contributed by atoms with Gasteiger partial charge in [-0.15, -0.1) is 0 Å². The number of hydrogen-bond donors (Lipinski definition) is 0. The molecule has 4 nitrogen and oxygen atoms in total. The molecule has 0 atom stereocenters. The Morgan fingerprint density at radius 3 is 1.42 bits per heavy atom. The second kappa shape index (κ2) is 6.88. The number of ether oxygens (including phenoxy) is 2. The third-order valence-corrected chi connectivity index (χ3v) is 6.43. The first-order chi connectivity index (χ1) is 11.4. The zero-order valence-corrected chi connectivity index (χ0v) is 15.7. The van der Waals surface area contributed by atoms with Crippen molar-refractivity contribution in [1.29, 1.82) is 0 Å². The van der Waals surface area contributed by atoms with Crippen molar-refractivity contribution in [3.63, 3.8) is 0 Å². The fourth-order valence-electron chi connectivity index (χ4n) is 2.16. The largest absolute Gasteiger partial charge is 0.465 e. The van der Waals surface area contributed by atoms with Gasteiger partial charge in [0.15, 0.2) is 0 Å².